The van der Waals surface area contributed by atoms with E-state index in [9.17, 15) is 4.79 Å². The zero-order chi connectivity index (χ0) is 13.0. The van der Waals surface area contributed by atoms with E-state index >= 15 is 0 Å². The van der Waals surface area contributed by atoms with Gasteiger partial charge in [-0.1, -0.05) is 41.2 Å². The van der Waals surface area contributed by atoms with Crippen LogP contribution in [0.5, 0.6) is 0 Å². The first-order chi connectivity index (χ1) is 8.65. The fraction of sp³-hybridized carbons (Fsp3) is 0.250. The molecule has 0 aliphatic heterocycles. The molecule has 0 saturated carbocycles. The van der Waals surface area contributed by atoms with Gasteiger partial charge in [0.25, 0.3) is 5.91 Å². The van der Waals surface area contributed by atoms with Gasteiger partial charge in [-0.2, -0.15) is 0 Å². The van der Waals surface area contributed by atoms with Gasteiger partial charge in [0.05, 0.1) is 0 Å². The number of nitrogens with one attached hydrogen (secondary N) is 1. The number of carbonyl (C=O) groups excluding carboxylic acids is 1. The highest BCUT2D eigenvalue weighted by molar-refractivity contribution is 7.16. The number of amides is 1. The highest BCUT2D eigenvalue weighted by Gasteiger charge is 2.10. The third kappa shape index (κ3) is 3.27. The SMILES string of the molecule is Cc1cccc(CCNC(=O)c2nnc(N)s2)c1. The van der Waals surface area contributed by atoms with E-state index in [0.29, 0.717) is 16.7 Å². The molecular weight excluding hydrogens is 248 g/mol. The number of rotatable bonds is 4. The van der Waals surface area contributed by atoms with Gasteiger partial charge in [0, 0.05) is 6.54 Å². The second-order valence-corrected chi connectivity index (χ2v) is 4.95. The van der Waals surface area contributed by atoms with Crippen LogP contribution < -0.4 is 11.1 Å². The lowest BCUT2D eigenvalue weighted by molar-refractivity contribution is 0.0953. The predicted molar refractivity (Wildman–Crippen MR) is 71.5 cm³/mol. The summed E-state index contributed by atoms with van der Waals surface area (Å²) in [5.74, 6) is -0.225. The average Bonchev–Trinajstić information content (AvgIpc) is 2.76. The second kappa shape index (κ2) is 5.59. The topological polar surface area (TPSA) is 80.9 Å². The van der Waals surface area contributed by atoms with Crippen molar-refractivity contribution in [2.24, 2.45) is 0 Å². The smallest absolute Gasteiger partial charge is 0.282 e. The Hall–Kier alpha value is -1.95. The van der Waals surface area contributed by atoms with Gasteiger partial charge in [0.2, 0.25) is 10.1 Å². The summed E-state index contributed by atoms with van der Waals surface area (Å²) < 4.78 is 0. The Morgan fingerprint density at radius 1 is 1.44 bits per heavy atom. The van der Waals surface area contributed by atoms with E-state index in [-0.39, 0.29) is 5.91 Å². The minimum absolute atomic E-state index is 0.225. The average molecular weight is 262 g/mol. The maximum absolute atomic E-state index is 11.7. The van der Waals surface area contributed by atoms with Gasteiger partial charge in [-0.3, -0.25) is 4.79 Å². The highest BCUT2D eigenvalue weighted by Crippen LogP contribution is 2.10. The molecule has 5 nitrogen and oxygen atoms in total. The van der Waals surface area contributed by atoms with E-state index in [0.717, 1.165) is 17.8 Å². The van der Waals surface area contributed by atoms with Crippen molar-refractivity contribution in [3.05, 3.63) is 40.4 Å². The summed E-state index contributed by atoms with van der Waals surface area (Å²) >= 11 is 1.09. The molecule has 94 valence electrons. The van der Waals surface area contributed by atoms with Crippen LogP contribution in [0.1, 0.15) is 20.9 Å². The van der Waals surface area contributed by atoms with E-state index in [4.69, 9.17) is 5.73 Å². The van der Waals surface area contributed by atoms with Crippen molar-refractivity contribution in [3.63, 3.8) is 0 Å². The first kappa shape index (κ1) is 12.5. The monoisotopic (exact) mass is 262 g/mol. The van der Waals surface area contributed by atoms with Gasteiger partial charge < -0.3 is 11.1 Å². The number of carbonyl (C=O) groups is 1. The van der Waals surface area contributed by atoms with Gasteiger partial charge in [0.15, 0.2) is 0 Å². The Morgan fingerprint density at radius 2 is 2.28 bits per heavy atom. The number of benzene rings is 1. The summed E-state index contributed by atoms with van der Waals surface area (Å²) in [5, 5.41) is 10.7. The number of nitrogens with zero attached hydrogens (tertiary/aromatic N) is 2. The maximum Gasteiger partial charge on any atom is 0.282 e. The Bertz CT molecular complexity index is 553. The third-order valence-electron chi connectivity index (χ3n) is 2.42. The van der Waals surface area contributed by atoms with Crippen LogP contribution in [0.3, 0.4) is 0 Å². The van der Waals surface area contributed by atoms with Crippen LogP contribution in [0.25, 0.3) is 0 Å². The predicted octanol–water partition coefficient (Wildman–Crippen LogP) is 1.40. The van der Waals surface area contributed by atoms with Crippen molar-refractivity contribution in [1.82, 2.24) is 15.5 Å². The largest absolute Gasteiger partial charge is 0.374 e. The van der Waals surface area contributed by atoms with E-state index in [2.05, 4.69) is 21.6 Å². The normalized spacial score (nSPS) is 10.3. The lowest BCUT2D eigenvalue weighted by atomic mass is 10.1. The van der Waals surface area contributed by atoms with Crippen LogP contribution in [0.4, 0.5) is 5.13 Å². The van der Waals surface area contributed by atoms with E-state index < -0.39 is 0 Å². The number of anilines is 1. The van der Waals surface area contributed by atoms with Crippen LogP contribution in [0, 0.1) is 6.92 Å². The number of aryl methyl sites for hydroxylation is 1. The molecule has 1 aromatic carbocycles. The number of nitrogen functional groups attached to an aromatic ring is 1. The van der Waals surface area contributed by atoms with Crippen LogP contribution in [-0.2, 0) is 6.42 Å². The number of hydrogen-bond acceptors (Lipinski definition) is 5. The van der Waals surface area contributed by atoms with Gasteiger partial charge in [-0.25, -0.2) is 0 Å². The molecule has 6 heteroatoms. The number of aromatic nitrogens is 2. The van der Waals surface area contributed by atoms with Crippen molar-refractivity contribution in [2.45, 2.75) is 13.3 Å². The fourth-order valence-electron chi connectivity index (χ4n) is 1.59. The number of nitrogens with two attached hydrogens (primary N) is 1. The summed E-state index contributed by atoms with van der Waals surface area (Å²) in [7, 11) is 0. The Balaban J connectivity index is 1.84. The first-order valence-electron chi connectivity index (χ1n) is 5.58. The molecule has 0 fully saturated rings. The molecule has 2 rings (SSSR count). The molecule has 1 heterocycles. The maximum atomic E-state index is 11.7. The molecule has 0 spiro atoms. The quantitative estimate of drug-likeness (QED) is 0.872. The highest BCUT2D eigenvalue weighted by atomic mass is 32.1. The van der Waals surface area contributed by atoms with Crippen LogP contribution >= 0.6 is 11.3 Å². The van der Waals surface area contributed by atoms with Crippen molar-refractivity contribution in [2.75, 3.05) is 12.3 Å². The molecule has 0 aliphatic rings. The molecule has 0 unspecified atom stereocenters. The van der Waals surface area contributed by atoms with Crippen LogP contribution in [0.2, 0.25) is 0 Å². The molecule has 18 heavy (non-hydrogen) atoms. The third-order valence-corrected chi connectivity index (χ3v) is 3.17. The van der Waals surface area contributed by atoms with Crippen molar-refractivity contribution in [3.8, 4) is 0 Å². The molecule has 0 saturated heterocycles. The van der Waals surface area contributed by atoms with Gasteiger partial charge in [0.1, 0.15) is 0 Å². The molecule has 1 amide bonds. The lowest BCUT2D eigenvalue weighted by Crippen LogP contribution is -2.25. The van der Waals surface area contributed by atoms with Crippen molar-refractivity contribution < 1.29 is 4.79 Å². The summed E-state index contributed by atoms with van der Waals surface area (Å²) in [6.45, 7) is 2.62. The molecule has 3 N–H and O–H groups in total. The fourth-order valence-corrected chi connectivity index (χ4v) is 2.12. The number of hydrogen-bond donors (Lipinski definition) is 2. The Kier molecular flexibility index (Phi) is 3.88. The molecule has 0 aliphatic carbocycles. The molecule has 1 aromatic heterocycles. The van der Waals surface area contributed by atoms with E-state index in [1.807, 2.05) is 25.1 Å². The summed E-state index contributed by atoms with van der Waals surface area (Å²) in [6.07, 6.45) is 0.793. The molecular formula is C12H14N4OS. The zero-order valence-electron chi connectivity index (χ0n) is 10.0. The molecule has 0 bridgehead atoms. The lowest BCUT2D eigenvalue weighted by Gasteiger charge is -2.03. The minimum Gasteiger partial charge on any atom is -0.374 e. The summed E-state index contributed by atoms with van der Waals surface area (Å²) in [4.78, 5) is 11.7. The summed E-state index contributed by atoms with van der Waals surface area (Å²) in [5.41, 5.74) is 7.84. The van der Waals surface area contributed by atoms with Crippen molar-refractivity contribution >= 4 is 22.4 Å². The van der Waals surface area contributed by atoms with Crippen LogP contribution in [-0.4, -0.2) is 22.6 Å². The Morgan fingerprint density at radius 3 is 2.94 bits per heavy atom. The molecule has 2 aromatic rings. The van der Waals surface area contributed by atoms with E-state index in [1.165, 1.54) is 11.1 Å². The second-order valence-electron chi connectivity index (χ2n) is 3.94. The van der Waals surface area contributed by atoms with Gasteiger partial charge in [-0.15, -0.1) is 10.2 Å². The standard InChI is InChI=1S/C12H14N4OS/c1-8-3-2-4-9(7-8)5-6-14-10(17)11-15-16-12(13)18-11/h2-4,7H,5-6H2,1H3,(H2,13,16)(H,14,17). The van der Waals surface area contributed by atoms with Gasteiger partial charge >= 0.3 is 0 Å². The van der Waals surface area contributed by atoms with Gasteiger partial charge in [-0.05, 0) is 18.9 Å². The first-order valence-corrected chi connectivity index (χ1v) is 6.39. The van der Waals surface area contributed by atoms with Crippen LogP contribution in [0.15, 0.2) is 24.3 Å². The summed E-state index contributed by atoms with van der Waals surface area (Å²) in [6, 6.07) is 8.21. The molecule has 0 radical (unpaired) electrons. The Labute approximate surface area is 109 Å². The minimum atomic E-state index is -0.225. The molecule has 0 atom stereocenters. The zero-order valence-corrected chi connectivity index (χ0v) is 10.8. The van der Waals surface area contributed by atoms with E-state index in [1.54, 1.807) is 0 Å². The van der Waals surface area contributed by atoms with Crippen molar-refractivity contribution in [1.29, 1.82) is 0 Å².